The minimum Gasteiger partial charge on any atom is -0.457 e. The molecule has 0 spiro atoms. The Labute approximate surface area is 210 Å². The van der Waals surface area contributed by atoms with Gasteiger partial charge in [-0.15, -0.1) is 0 Å². The summed E-state index contributed by atoms with van der Waals surface area (Å²) >= 11 is 12.2. The largest absolute Gasteiger partial charge is 0.457 e. The summed E-state index contributed by atoms with van der Waals surface area (Å²) < 4.78 is 16.6. The molecule has 0 saturated heterocycles. The Morgan fingerprint density at radius 3 is 2.60 bits per heavy atom. The minimum atomic E-state index is -0.655. The lowest BCUT2D eigenvalue weighted by atomic mass is 9.94. The van der Waals surface area contributed by atoms with E-state index in [9.17, 15) is 14.9 Å². The van der Waals surface area contributed by atoms with Gasteiger partial charge in [0.1, 0.15) is 23.2 Å². The Hall–Kier alpha value is -3.99. The molecule has 2 aliphatic heterocycles. The normalized spacial score (nSPS) is 16.3. The van der Waals surface area contributed by atoms with Crippen molar-refractivity contribution in [2.75, 3.05) is 6.79 Å². The van der Waals surface area contributed by atoms with Gasteiger partial charge in [-0.3, -0.25) is 14.5 Å². The van der Waals surface area contributed by atoms with Crippen molar-refractivity contribution < 1.29 is 23.5 Å². The smallest absolute Gasteiger partial charge is 0.271 e. The Bertz CT molecular complexity index is 1500. The molecule has 5 rings (SSSR count). The molecule has 0 unspecified atom stereocenters. The quantitative estimate of drug-likeness (QED) is 0.329. The summed E-state index contributed by atoms with van der Waals surface area (Å²) in [5.41, 5.74) is 1.66. The first kappa shape index (κ1) is 22.8. The van der Waals surface area contributed by atoms with Crippen molar-refractivity contribution in [3.63, 3.8) is 0 Å². The average molecular weight is 507 g/mol. The summed E-state index contributed by atoms with van der Waals surface area (Å²) in [5.74, 6) is 0.782. The second-order valence-electron chi connectivity index (χ2n) is 7.88. The van der Waals surface area contributed by atoms with Gasteiger partial charge in [0.05, 0.1) is 11.6 Å². The van der Waals surface area contributed by atoms with Crippen molar-refractivity contribution in [2.45, 2.75) is 13.5 Å². The fourth-order valence-electron chi connectivity index (χ4n) is 3.90. The Morgan fingerprint density at radius 1 is 1.03 bits per heavy atom. The molecule has 0 aliphatic carbocycles. The molecule has 3 heterocycles. The third-order valence-corrected chi connectivity index (χ3v) is 6.26. The van der Waals surface area contributed by atoms with E-state index >= 15 is 0 Å². The van der Waals surface area contributed by atoms with E-state index in [4.69, 9.17) is 37.1 Å². The van der Waals surface area contributed by atoms with Crippen LogP contribution in [-0.2, 0) is 16.1 Å². The number of nitrogens with zero attached hydrogens (tertiary/aromatic N) is 2. The number of benzene rings is 2. The molecule has 2 aliphatic rings. The molecule has 0 atom stereocenters. The number of ether oxygens (including phenoxy) is 2. The minimum absolute atomic E-state index is 0.0338. The maximum absolute atomic E-state index is 13.4. The number of imide groups is 1. The van der Waals surface area contributed by atoms with Crippen molar-refractivity contribution in [1.29, 1.82) is 5.26 Å². The van der Waals surface area contributed by atoms with Crippen LogP contribution in [0.2, 0.25) is 10.0 Å². The summed E-state index contributed by atoms with van der Waals surface area (Å²) in [4.78, 5) is 27.4. The van der Waals surface area contributed by atoms with Gasteiger partial charge < -0.3 is 13.9 Å². The average Bonchev–Trinajstić information content (AvgIpc) is 3.49. The van der Waals surface area contributed by atoms with E-state index < -0.39 is 11.8 Å². The van der Waals surface area contributed by atoms with Crippen molar-refractivity contribution in [3.8, 4) is 28.9 Å². The van der Waals surface area contributed by atoms with Crippen LogP contribution >= 0.6 is 23.2 Å². The molecule has 7 nitrogen and oxygen atoms in total. The van der Waals surface area contributed by atoms with Crippen molar-refractivity contribution in [2.24, 2.45) is 0 Å². The van der Waals surface area contributed by atoms with Crippen LogP contribution in [-0.4, -0.2) is 23.5 Å². The highest BCUT2D eigenvalue weighted by molar-refractivity contribution is 6.36. The highest BCUT2D eigenvalue weighted by atomic mass is 35.5. The van der Waals surface area contributed by atoms with Crippen LogP contribution in [0, 0.1) is 11.3 Å². The van der Waals surface area contributed by atoms with Crippen LogP contribution in [0.5, 0.6) is 11.5 Å². The summed E-state index contributed by atoms with van der Waals surface area (Å²) in [6.07, 6.45) is 1.52. The van der Waals surface area contributed by atoms with Crippen molar-refractivity contribution in [1.82, 2.24) is 4.90 Å². The monoisotopic (exact) mass is 506 g/mol. The first-order valence-electron chi connectivity index (χ1n) is 10.5. The molecule has 0 radical (unpaired) electrons. The zero-order valence-electron chi connectivity index (χ0n) is 18.3. The molecule has 35 heavy (non-hydrogen) atoms. The van der Waals surface area contributed by atoms with Gasteiger partial charge in [0.15, 0.2) is 11.5 Å². The third-order valence-electron chi connectivity index (χ3n) is 5.71. The molecule has 0 N–H and O–H groups in total. The molecule has 2 aromatic carbocycles. The second kappa shape index (κ2) is 8.99. The predicted octanol–water partition coefficient (Wildman–Crippen LogP) is 5.77. The van der Waals surface area contributed by atoms with Gasteiger partial charge in [0.25, 0.3) is 11.8 Å². The van der Waals surface area contributed by atoms with Crippen LogP contribution in [0.1, 0.15) is 18.2 Å². The number of hydrogen-bond donors (Lipinski definition) is 0. The number of nitriles is 1. The topological polar surface area (TPSA) is 92.8 Å². The molecule has 1 aromatic heterocycles. The molecule has 2 amide bonds. The van der Waals surface area contributed by atoms with Gasteiger partial charge >= 0.3 is 0 Å². The highest BCUT2D eigenvalue weighted by Crippen LogP contribution is 2.35. The zero-order chi connectivity index (χ0) is 24.7. The Morgan fingerprint density at radius 2 is 1.83 bits per heavy atom. The van der Waals surface area contributed by atoms with Crippen LogP contribution in [0.25, 0.3) is 17.4 Å². The van der Waals surface area contributed by atoms with E-state index in [0.29, 0.717) is 44.2 Å². The lowest BCUT2D eigenvalue weighted by molar-refractivity contribution is -0.141. The van der Waals surface area contributed by atoms with Gasteiger partial charge in [-0.1, -0.05) is 29.3 Å². The van der Waals surface area contributed by atoms with E-state index in [2.05, 4.69) is 0 Å². The fourth-order valence-corrected chi connectivity index (χ4v) is 4.40. The molecule has 0 bridgehead atoms. The first-order valence-corrected chi connectivity index (χ1v) is 11.2. The number of rotatable bonds is 4. The predicted molar refractivity (Wildman–Crippen MR) is 129 cm³/mol. The van der Waals surface area contributed by atoms with E-state index in [0.717, 1.165) is 4.90 Å². The first-order chi connectivity index (χ1) is 16.9. The van der Waals surface area contributed by atoms with Gasteiger partial charge in [0, 0.05) is 16.2 Å². The number of halogens is 2. The standard InChI is InChI=1S/C26H16Cl2N2O5/c1-14-19(10-17-4-7-22(35-17)18-5-3-16(27)9-21(18)28)25(31)30(26(32)20(14)11-29)12-15-2-6-23-24(8-15)34-13-33-23/h2-10H,12-13H2,1H3/b19-10+. The van der Waals surface area contributed by atoms with Crippen molar-refractivity contribution in [3.05, 3.63) is 86.6 Å². The van der Waals surface area contributed by atoms with Gasteiger partial charge in [-0.05, 0) is 66.6 Å². The summed E-state index contributed by atoms with van der Waals surface area (Å²) in [5, 5.41) is 10.6. The zero-order valence-corrected chi connectivity index (χ0v) is 19.8. The van der Waals surface area contributed by atoms with Crippen molar-refractivity contribution >= 4 is 41.1 Å². The Balaban J connectivity index is 1.49. The molecule has 9 heteroatoms. The lowest BCUT2D eigenvalue weighted by Gasteiger charge is -2.27. The molecular formula is C26H16Cl2N2O5. The summed E-state index contributed by atoms with van der Waals surface area (Å²) in [7, 11) is 0. The molecule has 3 aromatic rings. The Kier molecular flexibility index (Phi) is 5.85. The second-order valence-corrected chi connectivity index (χ2v) is 8.72. The van der Waals surface area contributed by atoms with E-state index in [1.165, 1.54) is 6.08 Å². The molecule has 0 fully saturated rings. The maximum Gasteiger partial charge on any atom is 0.271 e. The van der Waals surface area contributed by atoms with Crippen LogP contribution in [0.4, 0.5) is 0 Å². The number of amides is 2. The summed E-state index contributed by atoms with van der Waals surface area (Å²) in [6, 6.07) is 15.5. The fraction of sp³-hybridized carbons (Fsp3) is 0.115. The lowest BCUT2D eigenvalue weighted by Crippen LogP contribution is -2.42. The van der Waals surface area contributed by atoms with Gasteiger partial charge in [0.2, 0.25) is 6.79 Å². The number of furan rings is 1. The van der Waals surface area contributed by atoms with Crippen LogP contribution < -0.4 is 9.47 Å². The van der Waals surface area contributed by atoms with Crippen LogP contribution in [0.15, 0.2) is 69.7 Å². The van der Waals surface area contributed by atoms with E-state index in [1.807, 2.05) is 6.07 Å². The van der Waals surface area contributed by atoms with Crippen LogP contribution in [0.3, 0.4) is 0 Å². The number of hydrogen-bond acceptors (Lipinski definition) is 6. The number of fused-ring (bicyclic) bond motifs is 1. The summed E-state index contributed by atoms with van der Waals surface area (Å²) in [6.45, 7) is 1.64. The van der Waals surface area contributed by atoms with Gasteiger partial charge in [-0.2, -0.15) is 5.26 Å². The highest BCUT2D eigenvalue weighted by Gasteiger charge is 2.36. The SMILES string of the molecule is CC1=C(C#N)C(=O)N(Cc2ccc3c(c2)OCO3)C(=O)/C1=C/c1ccc(-c2ccc(Cl)cc2Cl)o1. The van der Waals surface area contributed by atoms with Gasteiger partial charge in [-0.25, -0.2) is 0 Å². The molecular weight excluding hydrogens is 491 g/mol. The number of carbonyl (C=O) groups is 2. The third kappa shape index (κ3) is 4.18. The molecule has 0 saturated carbocycles. The maximum atomic E-state index is 13.4. The van der Waals surface area contributed by atoms with E-state index in [-0.39, 0.29) is 30.1 Å². The van der Waals surface area contributed by atoms with E-state index in [1.54, 1.807) is 55.5 Å². The number of carbonyl (C=O) groups excluding carboxylic acids is 2. The molecule has 174 valence electrons.